The number of carbonyl (C=O) groups is 1. The predicted octanol–water partition coefficient (Wildman–Crippen LogP) is 4.16. The standard InChI is InChI=1S/C22H21FN2O4/c1-10(2)28-22(27)18-13(5)25-12(4)15(9-24)19(18)14-6-7-16(23)20-17(26)8-11(3)29-21(14)20/h6-8,10,15,19H,1-5H3. The normalized spacial score (nSPS) is 19.3. The Labute approximate surface area is 167 Å². The molecule has 1 aromatic heterocycles. The van der Waals surface area contributed by atoms with Crippen LogP contribution in [0.1, 0.15) is 44.9 Å². The van der Waals surface area contributed by atoms with Crippen LogP contribution in [-0.2, 0) is 9.53 Å². The van der Waals surface area contributed by atoms with Crippen LogP contribution in [0, 0.1) is 30.0 Å². The number of nitriles is 1. The van der Waals surface area contributed by atoms with E-state index >= 15 is 0 Å². The molecular formula is C22H21FN2O4. The number of fused-ring (bicyclic) bond motifs is 1. The van der Waals surface area contributed by atoms with E-state index in [1.807, 2.05) is 0 Å². The average Bonchev–Trinajstić information content (AvgIpc) is 2.60. The van der Waals surface area contributed by atoms with Gasteiger partial charge >= 0.3 is 5.97 Å². The maximum absolute atomic E-state index is 14.4. The molecule has 0 saturated carbocycles. The molecule has 0 saturated heterocycles. The summed E-state index contributed by atoms with van der Waals surface area (Å²) in [6.45, 7) is 8.38. The van der Waals surface area contributed by atoms with Gasteiger partial charge in [-0.15, -0.1) is 0 Å². The van der Waals surface area contributed by atoms with Crippen LogP contribution in [-0.4, -0.2) is 17.8 Å². The number of allylic oxidation sites excluding steroid dienone is 1. The fourth-order valence-electron chi connectivity index (χ4n) is 3.69. The molecule has 1 aliphatic rings. The number of esters is 1. The minimum atomic E-state index is -0.809. The Kier molecular flexibility index (Phi) is 5.38. The molecule has 0 spiro atoms. The van der Waals surface area contributed by atoms with Gasteiger partial charge in [-0.25, -0.2) is 9.18 Å². The van der Waals surface area contributed by atoms with E-state index < -0.39 is 29.1 Å². The van der Waals surface area contributed by atoms with Crippen LogP contribution < -0.4 is 5.43 Å². The van der Waals surface area contributed by atoms with E-state index in [1.54, 1.807) is 34.6 Å². The third-order valence-corrected chi connectivity index (χ3v) is 4.85. The van der Waals surface area contributed by atoms with Gasteiger partial charge in [0.15, 0.2) is 5.43 Å². The van der Waals surface area contributed by atoms with E-state index in [4.69, 9.17) is 9.15 Å². The van der Waals surface area contributed by atoms with Crippen molar-refractivity contribution in [2.24, 2.45) is 10.9 Å². The number of aryl methyl sites for hydroxylation is 1. The van der Waals surface area contributed by atoms with Gasteiger partial charge in [0, 0.05) is 29.0 Å². The van der Waals surface area contributed by atoms with E-state index in [1.165, 1.54) is 12.1 Å². The number of benzene rings is 1. The zero-order valence-corrected chi connectivity index (χ0v) is 16.9. The lowest BCUT2D eigenvalue weighted by molar-refractivity contribution is -0.143. The first-order valence-electron chi connectivity index (χ1n) is 9.25. The van der Waals surface area contributed by atoms with E-state index in [2.05, 4.69) is 11.1 Å². The van der Waals surface area contributed by atoms with Crippen LogP contribution in [0.4, 0.5) is 4.39 Å². The fraction of sp³-hybridized carbons (Fsp3) is 0.364. The van der Waals surface area contributed by atoms with Crippen LogP contribution in [0.5, 0.6) is 0 Å². The summed E-state index contributed by atoms with van der Waals surface area (Å²) in [5, 5.41) is 9.62. The van der Waals surface area contributed by atoms with Crippen molar-refractivity contribution >= 4 is 22.7 Å². The number of carbonyl (C=O) groups excluding carboxylic acids is 1. The molecule has 1 aliphatic heterocycles. The number of rotatable bonds is 3. The van der Waals surface area contributed by atoms with Crippen molar-refractivity contribution in [1.29, 1.82) is 5.26 Å². The summed E-state index contributed by atoms with van der Waals surface area (Å²) in [6, 6.07) is 5.99. The van der Waals surface area contributed by atoms with Crippen LogP contribution >= 0.6 is 0 Å². The molecule has 150 valence electrons. The summed E-state index contributed by atoms with van der Waals surface area (Å²) in [7, 11) is 0. The molecule has 2 heterocycles. The Bertz CT molecular complexity index is 1170. The van der Waals surface area contributed by atoms with Crippen molar-refractivity contribution in [2.75, 3.05) is 0 Å². The van der Waals surface area contributed by atoms with Crippen molar-refractivity contribution in [3.05, 3.63) is 56.8 Å². The second-order valence-corrected chi connectivity index (χ2v) is 7.35. The molecular weight excluding hydrogens is 375 g/mol. The summed E-state index contributed by atoms with van der Waals surface area (Å²) >= 11 is 0. The van der Waals surface area contributed by atoms with E-state index in [0.29, 0.717) is 22.7 Å². The molecule has 0 aliphatic carbocycles. The molecule has 0 radical (unpaired) electrons. The van der Waals surface area contributed by atoms with E-state index in [9.17, 15) is 19.2 Å². The van der Waals surface area contributed by atoms with Crippen molar-refractivity contribution in [3.8, 4) is 6.07 Å². The second-order valence-electron chi connectivity index (χ2n) is 7.35. The first-order chi connectivity index (χ1) is 13.6. The van der Waals surface area contributed by atoms with Gasteiger partial charge < -0.3 is 9.15 Å². The van der Waals surface area contributed by atoms with E-state index in [-0.39, 0.29) is 22.6 Å². The number of halogens is 1. The van der Waals surface area contributed by atoms with Gasteiger partial charge in [-0.1, -0.05) is 6.07 Å². The van der Waals surface area contributed by atoms with Gasteiger partial charge in [0.2, 0.25) is 0 Å². The largest absolute Gasteiger partial charge is 0.461 e. The van der Waals surface area contributed by atoms with Crippen molar-refractivity contribution in [1.82, 2.24) is 0 Å². The first kappa shape index (κ1) is 20.5. The topological polar surface area (TPSA) is 92.7 Å². The van der Waals surface area contributed by atoms with Crippen LogP contribution in [0.3, 0.4) is 0 Å². The Morgan fingerprint density at radius 2 is 2.00 bits per heavy atom. The number of hydrogen-bond donors (Lipinski definition) is 0. The molecule has 6 nitrogen and oxygen atoms in total. The zero-order chi connectivity index (χ0) is 21.5. The monoisotopic (exact) mass is 396 g/mol. The molecule has 0 bridgehead atoms. The minimum Gasteiger partial charge on any atom is -0.461 e. The third kappa shape index (κ3) is 3.58. The van der Waals surface area contributed by atoms with Crippen LogP contribution in [0.2, 0.25) is 0 Å². The van der Waals surface area contributed by atoms with Crippen molar-refractivity contribution in [3.63, 3.8) is 0 Å². The lowest BCUT2D eigenvalue weighted by Crippen LogP contribution is -2.30. The second kappa shape index (κ2) is 7.63. The van der Waals surface area contributed by atoms with Gasteiger partial charge in [-0.3, -0.25) is 9.79 Å². The molecule has 2 aromatic rings. The number of aliphatic imine (C=N–C) groups is 1. The maximum atomic E-state index is 14.4. The van der Waals surface area contributed by atoms with Gasteiger partial charge in [-0.05, 0) is 40.7 Å². The molecule has 7 heteroatoms. The molecule has 0 fully saturated rings. The Morgan fingerprint density at radius 1 is 1.31 bits per heavy atom. The first-order valence-corrected chi connectivity index (χ1v) is 9.25. The Hall–Kier alpha value is -3.27. The van der Waals surface area contributed by atoms with E-state index in [0.717, 1.165) is 6.07 Å². The fourth-order valence-corrected chi connectivity index (χ4v) is 3.69. The van der Waals surface area contributed by atoms with Crippen LogP contribution in [0.15, 0.2) is 43.7 Å². The summed E-state index contributed by atoms with van der Waals surface area (Å²) < 4.78 is 25.5. The number of hydrogen-bond acceptors (Lipinski definition) is 6. The quantitative estimate of drug-likeness (QED) is 0.726. The van der Waals surface area contributed by atoms with Gasteiger partial charge in [0.05, 0.1) is 23.7 Å². The highest BCUT2D eigenvalue weighted by Gasteiger charge is 2.39. The zero-order valence-electron chi connectivity index (χ0n) is 16.9. The highest BCUT2D eigenvalue weighted by atomic mass is 19.1. The maximum Gasteiger partial charge on any atom is 0.336 e. The Balaban J connectivity index is 2.36. The van der Waals surface area contributed by atoms with Crippen molar-refractivity contribution in [2.45, 2.75) is 46.6 Å². The van der Waals surface area contributed by atoms with Gasteiger partial charge in [-0.2, -0.15) is 5.26 Å². The molecule has 0 amide bonds. The molecule has 0 N–H and O–H groups in total. The minimum absolute atomic E-state index is 0.0256. The summed E-state index contributed by atoms with van der Waals surface area (Å²) in [5.74, 6) is -2.63. The molecule has 3 rings (SSSR count). The third-order valence-electron chi connectivity index (χ3n) is 4.85. The summed E-state index contributed by atoms with van der Waals surface area (Å²) in [5.41, 5.74) is 1.01. The predicted molar refractivity (Wildman–Crippen MR) is 106 cm³/mol. The summed E-state index contributed by atoms with van der Waals surface area (Å²) in [6.07, 6.45) is -0.374. The van der Waals surface area contributed by atoms with Crippen LogP contribution in [0.25, 0.3) is 11.0 Å². The van der Waals surface area contributed by atoms with Gasteiger partial charge in [0.1, 0.15) is 22.5 Å². The molecule has 2 unspecified atom stereocenters. The molecule has 29 heavy (non-hydrogen) atoms. The van der Waals surface area contributed by atoms with Gasteiger partial charge in [0.25, 0.3) is 0 Å². The smallest absolute Gasteiger partial charge is 0.336 e. The molecule has 1 aromatic carbocycles. The number of nitrogens with zero attached hydrogens (tertiary/aromatic N) is 2. The number of ether oxygens (including phenoxy) is 1. The highest BCUT2D eigenvalue weighted by Crippen LogP contribution is 2.42. The average molecular weight is 396 g/mol. The highest BCUT2D eigenvalue weighted by molar-refractivity contribution is 5.99. The Morgan fingerprint density at radius 3 is 2.62 bits per heavy atom. The lowest BCUT2D eigenvalue weighted by atomic mass is 9.76. The lowest BCUT2D eigenvalue weighted by Gasteiger charge is -2.29. The molecule has 2 atom stereocenters. The SMILES string of the molecule is CC1=NC(C)=C(C(=O)OC(C)C)C(c2ccc(F)c3c(=O)cc(C)oc23)C1C#N. The summed E-state index contributed by atoms with van der Waals surface area (Å²) in [4.78, 5) is 29.6. The van der Waals surface area contributed by atoms with Crippen molar-refractivity contribution < 1.29 is 18.3 Å².